The highest BCUT2D eigenvalue weighted by Crippen LogP contribution is 2.54. The summed E-state index contributed by atoms with van der Waals surface area (Å²) in [7, 11) is -3.50. The number of rotatable bonds is 5. The molecule has 0 aromatic carbocycles. The number of nitrogens with zero attached hydrogens (tertiary/aromatic N) is 2. The van der Waals surface area contributed by atoms with Crippen molar-refractivity contribution >= 4 is 21.4 Å². The summed E-state index contributed by atoms with van der Waals surface area (Å²) in [5.41, 5.74) is -3.18. The standard InChI is InChI=1S/C17H16F5N3O3S/c1-25-8-11(29(27,28)9-16(4-2-5-16)17(20,21)22)13(19)14(25)15(26)24-10-3-6-23-12(18)7-10/h3,6-8H,2,4-5,9H2,1H3,(H,23,24,26). The molecule has 1 saturated carbocycles. The molecule has 3 rings (SSSR count). The number of nitrogens with one attached hydrogen (secondary N) is 1. The molecule has 0 atom stereocenters. The van der Waals surface area contributed by atoms with Crippen LogP contribution >= 0.6 is 0 Å². The van der Waals surface area contributed by atoms with E-state index in [1.54, 1.807) is 0 Å². The number of alkyl halides is 3. The van der Waals surface area contributed by atoms with Gasteiger partial charge in [0.05, 0.1) is 11.2 Å². The molecule has 2 aromatic rings. The van der Waals surface area contributed by atoms with Crippen molar-refractivity contribution in [3.05, 3.63) is 42.0 Å². The van der Waals surface area contributed by atoms with E-state index in [1.807, 2.05) is 0 Å². The molecule has 6 nitrogen and oxygen atoms in total. The second-order valence-corrected chi connectivity index (χ2v) is 8.94. The number of hydrogen-bond acceptors (Lipinski definition) is 4. The molecule has 0 saturated heterocycles. The minimum atomic E-state index is -4.74. The van der Waals surface area contributed by atoms with Crippen molar-refractivity contribution in [1.82, 2.24) is 9.55 Å². The van der Waals surface area contributed by atoms with Crippen LogP contribution in [0.5, 0.6) is 0 Å². The molecule has 0 spiro atoms. The summed E-state index contributed by atoms with van der Waals surface area (Å²) in [5, 5.41) is 2.19. The van der Waals surface area contributed by atoms with Gasteiger partial charge in [0.2, 0.25) is 5.95 Å². The highest BCUT2D eigenvalue weighted by molar-refractivity contribution is 7.91. The highest BCUT2D eigenvalue weighted by Gasteiger charge is 2.60. The maximum atomic E-state index is 14.8. The number of sulfone groups is 1. The average Bonchev–Trinajstić information content (AvgIpc) is 2.85. The summed E-state index contributed by atoms with van der Waals surface area (Å²) in [6, 6.07) is 2.09. The fraction of sp³-hybridized carbons (Fsp3) is 0.412. The third-order valence-corrected chi connectivity index (χ3v) is 6.89. The van der Waals surface area contributed by atoms with Gasteiger partial charge in [-0.2, -0.15) is 17.6 Å². The molecule has 1 N–H and O–H groups in total. The Morgan fingerprint density at radius 3 is 2.48 bits per heavy atom. The summed E-state index contributed by atoms with van der Waals surface area (Å²) < 4.78 is 93.9. The normalized spacial score (nSPS) is 16.3. The lowest BCUT2D eigenvalue weighted by atomic mass is 9.70. The van der Waals surface area contributed by atoms with E-state index in [0.29, 0.717) is 0 Å². The molecule has 0 radical (unpaired) electrons. The number of hydrogen-bond donors (Lipinski definition) is 1. The zero-order valence-corrected chi connectivity index (χ0v) is 15.9. The molecule has 12 heteroatoms. The van der Waals surface area contributed by atoms with Crippen molar-refractivity contribution in [2.75, 3.05) is 11.1 Å². The first-order valence-electron chi connectivity index (χ1n) is 8.43. The molecular weight excluding hydrogens is 421 g/mol. The van der Waals surface area contributed by atoms with Crippen LogP contribution in [0.15, 0.2) is 29.4 Å². The number of carbonyl (C=O) groups excluding carboxylic acids is 1. The van der Waals surface area contributed by atoms with Crippen LogP contribution in [0.25, 0.3) is 0 Å². The smallest absolute Gasteiger partial charge is 0.343 e. The van der Waals surface area contributed by atoms with Gasteiger partial charge in [-0.05, 0) is 18.9 Å². The average molecular weight is 437 g/mol. The van der Waals surface area contributed by atoms with Crippen LogP contribution in [-0.2, 0) is 16.9 Å². The Morgan fingerprint density at radius 2 is 1.97 bits per heavy atom. The molecule has 1 amide bonds. The molecule has 0 bridgehead atoms. The van der Waals surface area contributed by atoms with Crippen LogP contribution in [0, 0.1) is 17.2 Å². The van der Waals surface area contributed by atoms with Crippen LogP contribution in [0.1, 0.15) is 29.8 Å². The van der Waals surface area contributed by atoms with Gasteiger partial charge in [0.1, 0.15) is 10.6 Å². The minimum absolute atomic E-state index is 0.0574. The van der Waals surface area contributed by atoms with Crippen LogP contribution in [0.4, 0.5) is 27.6 Å². The monoisotopic (exact) mass is 437 g/mol. The Morgan fingerprint density at radius 1 is 1.31 bits per heavy atom. The van der Waals surface area contributed by atoms with Crippen molar-refractivity contribution in [2.24, 2.45) is 12.5 Å². The van der Waals surface area contributed by atoms with Crippen LogP contribution in [-0.4, -0.2) is 35.8 Å². The van der Waals surface area contributed by atoms with E-state index in [-0.39, 0.29) is 24.9 Å². The van der Waals surface area contributed by atoms with Crippen molar-refractivity contribution in [3.63, 3.8) is 0 Å². The predicted octanol–water partition coefficient (Wildman–Crippen LogP) is 3.46. The van der Waals surface area contributed by atoms with Gasteiger partial charge in [-0.15, -0.1) is 0 Å². The number of pyridine rings is 1. The van der Waals surface area contributed by atoms with E-state index in [2.05, 4.69) is 10.3 Å². The van der Waals surface area contributed by atoms with Gasteiger partial charge in [0.15, 0.2) is 15.7 Å². The number of anilines is 1. The third kappa shape index (κ3) is 3.85. The summed E-state index contributed by atoms with van der Waals surface area (Å²) in [5.74, 6) is -4.75. The lowest BCUT2D eigenvalue weighted by molar-refractivity contribution is -0.241. The van der Waals surface area contributed by atoms with Gasteiger partial charge in [-0.25, -0.2) is 17.8 Å². The summed E-state index contributed by atoms with van der Waals surface area (Å²) in [6.07, 6.45) is -3.42. The van der Waals surface area contributed by atoms with E-state index < -0.39 is 55.4 Å². The number of carbonyl (C=O) groups is 1. The molecule has 0 aliphatic heterocycles. The molecule has 29 heavy (non-hydrogen) atoms. The van der Waals surface area contributed by atoms with Gasteiger partial charge in [-0.3, -0.25) is 4.79 Å². The van der Waals surface area contributed by atoms with E-state index >= 15 is 0 Å². The van der Waals surface area contributed by atoms with Gasteiger partial charge in [0.25, 0.3) is 5.91 Å². The van der Waals surface area contributed by atoms with Crippen molar-refractivity contribution < 1.29 is 35.2 Å². The van der Waals surface area contributed by atoms with Crippen LogP contribution < -0.4 is 5.32 Å². The van der Waals surface area contributed by atoms with Gasteiger partial charge < -0.3 is 9.88 Å². The Balaban J connectivity index is 1.91. The van der Waals surface area contributed by atoms with E-state index in [0.717, 1.165) is 23.0 Å². The van der Waals surface area contributed by atoms with E-state index in [1.165, 1.54) is 13.1 Å². The van der Waals surface area contributed by atoms with Crippen LogP contribution in [0.2, 0.25) is 0 Å². The van der Waals surface area contributed by atoms with Gasteiger partial charge in [0, 0.05) is 31.2 Å². The summed E-state index contributed by atoms with van der Waals surface area (Å²) in [4.78, 5) is 14.6. The topological polar surface area (TPSA) is 81.1 Å². The first-order valence-corrected chi connectivity index (χ1v) is 10.1. The minimum Gasteiger partial charge on any atom is -0.343 e. The maximum Gasteiger partial charge on any atom is 0.395 e. The SMILES string of the molecule is Cn1cc(S(=O)(=O)CC2(C(F)(F)F)CCC2)c(F)c1C(=O)Nc1ccnc(F)c1. The second kappa shape index (κ2) is 7.08. The lowest BCUT2D eigenvalue weighted by Crippen LogP contribution is -2.48. The number of amides is 1. The largest absolute Gasteiger partial charge is 0.395 e. The molecule has 2 aromatic heterocycles. The number of aryl methyl sites for hydroxylation is 1. The van der Waals surface area contributed by atoms with Gasteiger partial charge >= 0.3 is 6.18 Å². The zero-order valence-electron chi connectivity index (χ0n) is 15.1. The van der Waals surface area contributed by atoms with Gasteiger partial charge in [-0.1, -0.05) is 6.42 Å². The lowest BCUT2D eigenvalue weighted by Gasteiger charge is -2.42. The third-order valence-electron chi connectivity index (χ3n) is 5.00. The molecule has 2 heterocycles. The molecule has 0 unspecified atom stereocenters. The Hall–Kier alpha value is -2.50. The number of halogens is 5. The molecule has 1 aliphatic carbocycles. The zero-order chi connectivity index (χ0) is 21.6. The maximum absolute atomic E-state index is 14.8. The Kier molecular flexibility index (Phi) is 5.18. The van der Waals surface area contributed by atoms with Crippen molar-refractivity contribution in [2.45, 2.75) is 30.3 Å². The van der Waals surface area contributed by atoms with Crippen LogP contribution in [0.3, 0.4) is 0 Å². The fourth-order valence-corrected chi connectivity index (χ4v) is 5.29. The fourth-order valence-electron chi connectivity index (χ4n) is 3.27. The van der Waals surface area contributed by atoms with E-state index in [4.69, 9.17) is 0 Å². The van der Waals surface area contributed by atoms with Crippen molar-refractivity contribution in [1.29, 1.82) is 0 Å². The molecule has 1 fully saturated rings. The first-order chi connectivity index (χ1) is 13.4. The number of aromatic nitrogens is 2. The molecular formula is C17H16F5N3O3S. The van der Waals surface area contributed by atoms with E-state index in [9.17, 15) is 35.2 Å². The predicted molar refractivity (Wildman–Crippen MR) is 91.9 cm³/mol. The molecule has 158 valence electrons. The second-order valence-electron chi connectivity index (χ2n) is 6.98. The Labute approximate surface area is 162 Å². The summed E-state index contributed by atoms with van der Waals surface area (Å²) >= 11 is 0. The quantitative estimate of drug-likeness (QED) is 0.574. The Bertz CT molecular complexity index is 1060. The molecule has 1 aliphatic rings. The van der Waals surface area contributed by atoms with Crippen molar-refractivity contribution in [3.8, 4) is 0 Å². The highest BCUT2D eigenvalue weighted by atomic mass is 32.2. The first kappa shape index (κ1) is 21.2. The summed E-state index contributed by atoms with van der Waals surface area (Å²) in [6.45, 7) is 0.